The lowest BCUT2D eigenvalue weighted by atomic mass is 9.92. The lowest BCUT2D eigenvalue weighted by Gasteiger charge is -2.22. The number of nitrogens with zero attached hydrogens (tertiary/aromatic N) is 1. The summed E-state index contributed by atoms with van der Waals surface area (Å²) in [6, 6.07) is 0. The molecule has 0 atom stereocenters. The van der Waals surface area contributed by atoms with Gasteiger partial charge in [0.05, 0.1) is 0 Å². The van der Waals surface area contributed by atoms with Gasteiger partial charge in [-0.15, -0.1) is 0 Å². The first-order valence-electron chi connectivity index (χ1n) is 4.51. The molecule has 1 fully saturated rings. The highest BCUT2D eigenvalue weighted by atomic mass is 15.3. The van der Waals surface area contributed by atoms with Crippen molar-refractivity contribution >= 4 is 0 Å². The van der Waals surface area contributed by atoms with E-state index < -0.39 is 0 Å². The fourth-order valence-electron chi connectivity index (χ4n) is 1.24. The fraction of sp³-hybridized carbons (Fsp3) is 1.00. The summed E-state index contributed by atoms with van der Waals surface area (Å²) in [5.74, 6) is 0. The second-order valence-electron chi connectivity index (χ2n) is 4.59. The van der Waals surface area contributed by atoms with Crippen LogP contribution < -0.4 is 5.32 Å². The Hall–Kier alpha value is -0.0800. The maximum absolute atomic E-state index is 3.33. The average molecular weight is 156 g/mol. The molecule has 0 aliphatic carbocycles. The predicted octanol–water partition coefficient (Wildman–Crippen LogP) is 1.29. The van der Waals surface area contributed by atoms with Crippen molar-refractivity contribution in [3.8, 4) is 0 Å². The van der Waals surface area contributed by atoms with E-state index in [2.05, 4.69) is 31.0 Å². The molecule has 0 aromatic heterocycles. The third-order valence-corrected chi connectivity index (χ3v) is 2.12. The van der Waals surface area contributed by atoms with Gasteiger partial charge in [-0.1, -0.05) is 20.8 Å². The molecule has 1 aliphatic rings. The molecule has 1 heterocycles. The molecule has 0 amide bonds. The molecule has 0 bridgehead atoms. The van der Waals surface area contributed by atoms with Crippen molar-refractivity contribution in [1.82, 2.24) is 10.2 Å². The van der Waals surface area contributed by atoms with Crippen LogP contribution in [0.5, 0.6) is 0 Å². The monoisotopic (exact) mass is 156 g/mol. The van der Waals surface area contributed by atoms with E-state index in [-0.39, 0.29) is 0 Å². The van der Waals surface area contributed by atoms with Gasteiger partial charge in [0.15, 0.2) is 0 Å². The van der Waals surface area contributed by atoms with Crippen LogP contribution in [0.2, 0.25) is 0 Å². The molecule has 0 aromatic carbocycles. The largest absolute Gasteiger partial charge is 0.303 e. The molecule has 1 N–H and O–H groups in total. The fourth-order valence-corrected chi connectivity index (χ4v) is 1.24. The SMILES string of the molecule is CC(C)(C)CCN1CCNC1. The van der Waals surface area contributed by atoms with Crippen molar-refractivity contribution in [2.75, 3.05) is 26.3 Å². The molecule has 1 saturated heterocycles. The molecular weight excluding hydrogens is 136 g/mol. The highest BCUT2D eigenvalue weighted by Gasteiger charge is 2.15. The Morgan fingerprint density at radius 3 is 2.55 bits per heavy atom. The Labute approximate surface area is 70.0 Å². The molecular formula is C9H20N2. The van der Waals surface area contributed by atoms with Crippen molar-refractivity contribution in [2.24, 2.45) is 5.41 Å². The normalized spacial score (nSPS) is 21.0. The van der Waals surface area contributed by atoms with Crippen molar-refractivity contribution < 1.29 is 0 Å². The van der Waals surface area contributed by atoms with Gasteiger partial charge < -0.3 is 5.32 Å². The first-order valence-corrected chi connectivity index (χ1v) is 4.51. The Balaban J connectivity index is 2.11. The van der Waals surface area contributed by atoms with E-state index in [1.165, 1.54) is 26.1 Å². The number of hydrogen-bond donors (Lipinski definition) is 1. The van der Waals surface area contributed by atoms with Crippen LogP contribution in [0.15, 0.2) is 0 Å². The van der Waals surface area contributed by atoms with Gasteiger partial charge in [-0.05, 0) is 18.4 Å². The van der Waals surface area contributed by atoms with Crippen molar-refractivity contribution in [2.45, 2.75) is 27.2 Å². The molecule has 66 valence electrons. The lowest BCUT2D eigenvalue weighted by molar-refractivity contribution is 0.263. The van der Waals surface area contributed by atoms with Crippen LogP contribution >= 0.6 is 0 Å². The van der Waals surface area contributed by atoms with E-state index in [0.29, 0.717) is 5.41 Å². The van der Waals surface area contributed by atoms with Gasteiger partial charge in [0.25, 0.3) is 0 Å². The minimum atomic E-state index is 0.489. The molecule has 1 aliphatic heterocycles. The zero-order valence-corrected chi connectivity index (χ0v) is 7.98. The Kier molecular flexibility index (Phi) is 2.90. The molecule has 1 rings (SSSR count). The van der Waals surface area contributed by atoms with Crippen LogP contribution in [-0.4, -0.2) is 31.2 Å². The van der Waals surface area contributed by atoms with Crippen LogP contribution in [-0.2, 0) is 0 Å². The van der Waals surface area contributed by atoms with Gasteiger partial charge in [0.2, 0.25) is 0 Å². The van der Waals surface area contributed by atoms with Gasteiger partial charge in [-0.25, -0.2) is 0 Å². The van der Waals surface area contributed by atoms with Crippen LogP contribution in [0.1, 0.15) is 27.2 Å². The van der Waals surface area contributed by atoms with Crippen molar-refractivity contribution in [3.63, 3.8) is 0 Å². The molecule has 0 radical (unpaired) electrons. The van der Waals surface area contributed by atoms with Gasteiger partial charge in [-0.2, -0.15) is 0 Å². The van der Waals surface area contributed by atoms with Crippen LogP contribution in [0.25, 0.3) is 0 Å². The Morgan fingerprint density at radius 1 is 1.36 bits per heavy atom. The van der Waals surface area contributed by atoms with Crippen LogP contribution in [0, 0.1) is 5.41 Å². The minimum Gasteiger partial charge on any atom is -0.303 e. The summed E-state index contributed by atoms with van der Waals surface area (Å²) in [5, 5.41) is 3.33. The molecule has 2 nitrogen and oxygen atoms in total. The Bertz CT molecular complexity index is 109. The summed E-state index contributed by atoms with van der Waals surface area (Å²) in [5.41, 5.74) is 0.489. The molecule has 0 saturated carbocycles. The number of hydrogen-bond acceptors (Lipinski definition) is 2. The summed E-state index contributed by atoms with van der Waals surface area (Å²) in [6.45, 7) is 11.6. The van der Waals surface area contributed by atoms with Crippen molar-refractivity contribution in [3.05, 3.63) is 0 Å². The first-order chi connectivity index (χ1) is 5.08. The number of rotatable bonds is 2. The first kappa shape index (κ1) is 9.01. The van der Waals surface area contributed by atoms with E-state index in [0.717, 1.165) is 6.67 Å². The summed E-state index contributed by atoms with van der Waals surface area (Å²) in [6.07, 6.45) is 1.30. The zero-order chi connectivity index (χ0) is 8.32. The van der Waals surface area contributed by atoms with Crippen LogP contribution in [0.3, 0.4) is 0 Å². The predicted molar refractivity (Wildman–Crippen MR) is 48.5 cm³/mol. The van der Waals surface area contributed by atoms with E-state index >= 15 is 0 Å². The second kappa shape index (κ2) is 3.55. The molecule has 2 heteroatoms. The summed E-state index contributed by atoms with van der Waals surface area (Å²) < 4.78 is 0. The molecule has 0 spiro atoms. The number of nitrogens with one attached hydrogen (secondary N) is 1. The van der Waals surface area contributed by atoms with E-state index in [4.69, 9.17) is 0 Å². The molecule has 11 heavy (non-hydrogen) atoms. The smallest absolute Gasteiger partial charge is 0.0481 e. The highest BCUT2D eigenvalue weighted by molar-refractivity contribution is 4.69. The third-order valence-electron chi connectivity index (χ3n) is 2.12. The second-order valence-corrected chi connectivity index (χ2v) is 4.59. The van der Waals surface area contributed by atoms with Crippen LogP contribution in [0.4, 0.5) is 0 Å². The van der Waals surface area contributed by atoms with E-state index in [1.54, 1.807) is 0 Å². The minimum absolute atomic E-state index is 0.489. The van der Waals surface area contributed by atoms with Crippen molar-refractivity contribution in [1.29, 1.82) is 0 Å². The highest BCUT2D eigenvalue weighted by Crippen LogP contribution is 2.18. The van der Waals surface area contributed by atoms with E-state index in [9.17, 15) is 0 Å². The molecule has 0 aromatic rings. The van der Waals surface area contributed by atoms with Gasteiger partial charge in [0, 0.05) is 19.8 Å². The Morgan fingerprint density at radius 2 is 2.09 bits per heavy atom. The summed E-state index contributed by atoms with van der Waals surface area (Å²) >= 11 is 0. The topological polar surface area (TPSA) is 15.3 Å². The summed E-state index contributed by atoms with van der Waals surface area (Å²) in [4.78, 5) is 2.48. The average Bonchev–Trinajstić information content (AvgIpc) is 2.32. The maximum Gasteiger partial charge on any atom is 0.0481 e. The van der Waals surface area contributed by atoms with E-state index in [1.807, 2.05) is 0 Å². The zero-order valence-electron chi connectivity index (χ0n) is 7.98. The lowest BCUT2D eigenvalue weighted by Crippen LogP contribution is -2.26. The van der Waals surface area contributed by atoms with Gasteiger partial charge >= 0.3 is 0 Å². The molecule has 0 unspecified atom stereocenters. The standard InChI is InChI=1S/C9H20N2/c1-9(2,3)4-6-11-7-5-10-8-11/h10H,4-8H2,1-3H3. The third kappa shape index (κ3) is 3.73. The van der Waals surface area contributed by atoms with Gasteiger partial charge in [0.1, 0.15) is 0 Å². The summed E-state index contributed by atoms with van der Waals surface area (Å²) in [7, 11) is 0. The maximum atomic E-state index is 3.33. The quantitative estimate of drug-likeness (QED) is 0.648. The van der Waals surface area contributed by atoms with Gasteiger partial charge in [-0.3, -0.25) is 4.90 Å².